The highest BCUT2D eigenvalue weighted by molar-refractivity contribution is 7.89. The minimum Gasteiger partial charge on any atom is -0.496 e. The zero-order valence-electron chi connectivity index (χ0n) is 22.4. The molecule has 202 valence electrons. The molecule has 0 bridgehead atoms. The van der Waals surface area contributed by atoms with Gasteiger partial charge in [0.25, 0.3) is 0 Å². The van der Waals surface area contributed by atoms with Crippen LogP contribution in [0.5, 0.6) is 5.75 Å². The number of hydrogen-bond acceptors (Lipinski definition) is 5. The lowest BCUT2D eigenvalue weighted by molar-refractivity contribution is -0.121. The molecule has 0 unspecified atom stereocenters. The Balaban J connectivity index is 1.35. The number of nitrogens with one attached hydrogen (secondary N) is 1. The van der Waals surface area contributed by atoms with Crippen molar-refractivity contribution in [3.63, 3.8) is 0 Å². The molecule has 4 rings (SSSR count). The summed E-state index contributed by atoms with van der Waals surface area (Å²) in [6.07, 6.45) is 5.95. The molecule has 2 aromatic rings. The SMILES string of the molecule is COc1ccc(S(=O)(=O)N2CCCCC2)cc1CCC(=O)N[C@H](C)c1ccc(N2CCC(C)CC2)cc1. The summed E-state index contributed by atoms with van der Waals surface area (Å²) in [6, 6.07) is 13.3. The molecule has 0 spiro atoms. The lowest BCUT2D eigenvalue weighted by atomic mass is 9.98. The van der Waals surface area contributed by atoms with Crippen LogP contribution in [0.15, 0.2) is 47.4 Å². The Hall–Kier alpha value is -2.58. The summed E-state index contributed by atoms with van der Waals surface area (Å²) in [5.74, 6) is 1.32. The molecular weight excluding hydrogens is 486 g/mol. The van der Waals surface area contributed by atoms with Crippen molar-refractivity contribution >= 4 is 21.6 Å². The molecule has 2 aliphatic rings. The quantitative estimate of drug-likeness (QED) is 0.501. The van der Waals surface area contributed by atoms with E-state index >= 15 is 0 Å². The first-order valence-electron chi connectivity index (χ1n) is 13.6. The molecule has 2 heterocycles. The van der Waals surface area contributed by atoms with Gasteiger partial charge in [0.05, 0.1) is 18.0 Å². The van der Waals surface area contributed by atoms with E-state index in [1.807, 2.05) is 6.92 Å². The van der Waals surface area contributed by atoms with E-state index in [4.69, 9.17) is 4.74 Å². The predicted octanol–water partition coefficient (Wildman–Crippen LogP) is 4.92. The Morgan fingerprint density at radius 2 is 1.70 bits per heavy atom. The number of benzene rings is 2. The molecule has 2 aromatic carbocycles. The lowest BCUT2D eigenvalue weighted by Gasteiger charge is -2.32. The summed E-state index contributed by atoms with van der Waals surface area (Å²) in [5.41, 5.74) is 3.03. The third-order valence-electron chi connectivity index (χ3n) is 7.75. The largest absolute Gasteiger partial charge is 0.496 e. The van der Waals surface area contributed by atoms with Crippen LogP contribution in [0.3, 0.4) is 0 Å². The second kappa shape index (κ2) is 12.3. The van der Waals surface area contributed by atoms with Gasteiger partial charge in [-0.3, -0.25) is 4.79 Å². The molecule has 7 nitrogen and oxygen atoms in total. The third-order valence-corrected chi connectivity index (χ3v) is 9.64. The monoisotopic (exact) mass is 527 g/mol. The zero-order chi connectivity index (χ0) is 26.4. The first-order chi connectivity index (χ1) is 17.8. The van der Waals surface area contributed by atoms with Crippen LogP contribution in [0.1, 0.15) is 69.5 Å². The second-order valence-electron chi connectivity index (χ2n) is 10.5. The normalized spacial score (nSPS) is 18.4. The maximum absolute atomic E-state index is 13.1. The number of ether oxygens (including phenoxy) is 1. The molecule has 0 saturated carbocycles. The number of carbonyl (C=O) groups is 1. The van der Waals surface area contributed by atoms with E-state index in [0.29, 0.717) is 25.3 Å². The molecule has 2 fully saturated rings. The van der Waals surface area contributed by atoms with E-state index in [-0.39, 0.29) is 23.3 Å². The number of nitrogens with zero attached hydrogens (tertiary/aromatic N) is 2. The molecule has 2 saturated heterocycles. The minimum atomic E-state index is -3.54. The topological polar surface area (TPSA) is 79.0 Å². The predicted molar refractivity (Wildman–Crippen MR) is 148 cm³/mol. The second-order valence-corrected chi connectivity index (χ2v) is 12.4. The van der Waals surface area contributed by atoms with Crippen LogP contribution in [-0.4, -0.2) is 51.9 Å². The lowest BCUT2D eigenvalue weighted by Crippen LogP contribution is -2.35. The molecule has 0 aromatic heterocycles. The van der Waals surface area contributed by atoms with Gasteiger partial charge in [0.1, 0.15) is 5.75 Å². The van der Waals surface area contributed by atoms with Gasteiger partial charge in [0.15, 0.2) is 0 Å². The number of amides is 1. The van der Waals surface area contributed by atoms with Gasteiger partial charge in [0.2, 0.25) is 15.9 Å². The van der Waals surface area contributed by atoms with Crippen LogP contribution >= 0.6 is 0 Å². The van der Waals surface area contributed by atoms with Gasteiger partial charge in [-0.2, -0.15) is 4.31 Å². The average molecular weight is 528 g/mol. The highest BCUT2D eigenvalue weighted by Crippen LogP contribution is 2.28. The van der Waals surface area contributed by atoms with Gasteiger partial charge < -0.3 is 15.0 Å². The van der Waals surface area contributed by atoms with Crippen LogP contribution < -0.4 is 15.0 Å². The van der Waals surface area contributed by atoms with Gasteiger partial charge in [-0.25, -0.2) is 8.42 Å². The number of hydrogen-bond donors (Lipinski definition) is 1. The highest BCUT2D eigenvalue weighted by atomic mass is 32.2. The fraction of sp³-hybridized carbons (Fsp3) is 0.552. The number of carbonyl (C=O) groups excluding carboxylic acids is 1. The van der Waals surface area contributed by atoms with Crippen LogP contribution in [-0.2, 0) is 21.2 Å². The van der Waals surface area contributed by atoms with Gasteiger partial charge in [-0.15, -0.1) is 0 Å². The van der Waals surface area contributed by atoms with Crippen molar-refractivity contribution in [1.29, 1.82) is 0 Å². The Morgan fingerprint density at radius 3 is 2.35 bits per heavy atom. The van der Waals surface area contributed by atoms with E-state index in [1.54, 1.807) is 29.6 Å². The molecule has 0 radical (unpaired) electrons. The number of anilines is 1. The number of piperidine rings is 2. The molecular formula is C29H41N3O4S. The number of sulfonamides is 1. The summed E-state index contributed by atoms with van der Waals surface area (Å²) in [7, 11) is -1.98. The molecule has 1 atom stereocenters. The number of methoxy groups -OCH3 is 1. The fourth-order valence-electron chi connectivity index (χ4n) is 5.25. The smallest absolute Gasteiger partial charge is 0.243 e. The van der Waals surface area contributed by atoms with E-state index in [0.717, 1.165) is 49.4 Å². The summed E-state index contributed by atoms with van der Waals surface area (Å²) < 4.78 is 33.3. The minimum absolute atomic E-state index is 0.0760. The van der Waals surface area contributed by atoms with Crippen molar-refractivity contribution < 1.29 is 17.9 Å². The third kappa shape index (κ3) is 6.85. The van der Waals surface area contributed by atoms with Gasteiger partial charge in [-0.1, -0.05) is 25.5 Å². The number of aryl methyl sites for hydroxylation is 1. The van der Waals surface area contributed by atoms with E-state index in [1.165, 1.54) is 18.5 Å². The van der Waals surface area contributed by atoms with Crippen molar-refractivity contribution in [2.45, 2.75) is 69.7 Å². The Labute approximate surface area is 222 Å². The standard InChI is InChI=1S/C29H41N3O4S/c1-22-15-19-31(20-16-22)26-10-7-24(8-11-26)23(2)30-29(33)14-9-25-21-27(12-13-28(25)36-3)37(34,35)32-17-5-4-6-18-32/h7-8,10-13,21-23H,4-6,9,14-20H2,1-3H3,(H,30,33)/t23-/m1/s1. The van der Waals surface area contributed by atoms with E-state index < -0.39 is 10.0 Å². The van der Waals surface area contributed by atoms with Crippen molar-refractivity contribution in [3.8, 4) is 5.75 Å². The highest BCUT2D eigenvalue weighted by Gasteiger charge is 2.27. The maximum atomic E-state index is 13.1. The summed E-state index contributed by atoms with van der Waals surface area (Å²) in [6.45, 7) is 7.61. The average Bonchev–Trinajstić information content (AvgIpc) is 2.92. The van der Waals surface area contributed by atoms with Crippen molar-refractivity contribution in [1.82, 2.24) is 9.62 Å². The summed E-state index contributed by atoms with van der Waals surface area (Å²) >= 11 is 0. The van der Waals surface area contributed by atoms with Crippen LogP contribution in [0, 0.1) is 5.92 Å². The Bertz CT molecular complexity index is 1150. The zero-order valence-corrected chi connectivity index (χ0v) is 23.2. The van der Waals surface area contributed by atoms with Gasteiger partial charge >= 0.3 is 0 Å². The van der Waals surface area contributed by atoms with Crippen LogP contribution in [0.2, 0.25) is 0 Å². The first-order valence-corrected chi connectivity index (χ1v) is 15.0. The molecule has 1 N–H and O–H groups in total. The molecule has 0 aliphatic carbocycles. The molecule has 1 amide bonds. The Kier molecular flexibility index (Phi) is 9.13. The maximum Gasteiger partial charge on any atom is 0.243 e. The van der Waals surface area contributed by atoms with Crippen molar-refractivity contribution in [3.05, 3.63) is 53.6 Å². The first kappa shape index (κ1) is 27.5. The van der Waals surface area contributed by atoms with Crippen LogP contribution in [0.25, 0.3) is 0 Å². The van der Waals surface area contributed by atoms with Crippen molar-refractivity contribution in [2.24, 2.45) is 5.92 Å². The molecule has 37 heavy (non-hydrogen) atoms. The van der Waals surface area contributed by atoms with E-state index in [9.17, 15) is 13.2 Å². The summed E-state index contributed by atoms with van der Waals surface area (Å²) in [5, 5.41) is 3.09. The summed E-state index contributed by atoms with van der Waals surface area (Å²) in [4.78, 5) is 15.5. The van der Waals surface area contributed by atoms with Crippen LogP contribution in [0.4, 0.5) is 5.69 Å². The van der Waals surface area contributed by atoms with Crippen molar-refractivity contribution in [2.75, 3.05) is 38.2 Å². The molecule has 8 heteroatoms. The Morgan fingerprint density at radius 1 is 1.03 bits per heavy atom. The molecule has 2 aliphatic heterocycles. The van der Waals surface area contributed by atoms with Gasteiger partial charge in [-0.05, 0) is 86.4 Å². The van der Waals surface area contributed by atoms with E-state index in [2.05, 4.69) is 41.4 Å². The van der Waals surface area contributed by atoms with Gasteiger partial charge in [0, 0.05) is 38.3 Å². The number of rotatable bonds is 9. The fourth-order valence-corrected chi connectivity index (χ4v) is 6.82.